The highest BCUT2D eigenvalue weighted by atomic mass is 35.7. The van der Waals surface area contributed by atoms with Gasteiger partial charge in [-0.2, -0.15) is 0 Å². The van der Waals surface area contributed by atoms with Crippen LogP contribution in [-0.4, -0.2) is 11.5 Å². The predicted molar refractivity (Wildman–Crippen MR) is 43.0 cm³/mol. The van der Waals surface area contributed by atoms with Crippen LogP contribution in [0.3, 0.4) is 0 Å². The zero-order valence-corrected chi connectivity index (χ0v) is 9.30. The third-order valence-electron chi connectivity index (χ3n) is 2.28. The van der Waals surface area contributed by atoms with Gasteiger partial charge in [-0.05, 0) is 6.07 Å². The summed E-state index contributed by atoms with van der Waals surface area (Å²) in [5, 5.41) is 2.40. The van der Waals surface area contributed by atoms with Gasteiger partial charge >= 0.3 is 0 Å². The number of hydrogen-bond acceptors (Lipinski definition) is 5. The van der Waals surface area contributed by atoms with Gasteiger partial charge in [-0.25, -0.2) is 18.6 Å². The number of nitrogens with zero attached hydrogens (tertiary/aromatic N) is 1. The van der Waals surface area contributed by atoms with Crippen LogP contribution in [0.25, 0.3) is 0 Å². The van der Waals surface area contributed by atoms with Crippen LogP contribution in [0, 0.1) is 10.2 Å². The van der Waals surface area contributed by atoms with Crippen molar-refractivity contribution in [3.63, 3.8) is 0 Å². The number of hydrogen-bond donors (Lipinski definition) is 1. The molecule has 0 amide bonds. The average Bonchev–Trinajstić information content (AvgIpc) is 2.69. The minimum absolute atomic E-state index is 0.684. The van der Waals surface area contributed by atoms with Crippen LogP contribution >= 0.6 is 0 Å². The van der Waals surface area contributed by atoms with Crippen LogP contribution in [-0.2, 0) is 0 Å². The molecular weight excluding hydrogens is 236 g/mol. The molecule has 2 heterocycles. The molecule has 2 N–H and O–H groups in total. The van der Waals surface area contributed by atoms with Crippen molar-refractivity contribution in [1.82, 2.24) is 4.98 Å². The lowest BCUT2D eigenvalue weighted by Crippen LogP contribution is -2.81. The van der Waals surface area contributed by atoms with Crippen molar-refractivity contribution < 1.29 is 34.2 Å². The van der Waals surface area contributed by atoms with E-state index in [1.807, 2.05) is 18.5 Å². The van der Waals surface area contributed by atoms with E-state index in [1.54, 1.807) is 0 Å². The molecule has 7 heteroatoms. The zero-order chi connectivity index (χ0) is 12.0. The lowest BCUT2D eigenvalue weighted by Gasteiger charge is -2.17. The lowest BCUT2D eigenvalue weighted by atomic mass is 10.1. The fourth-order valence-electron chi connectivity index (χ4n) is 1.67. The second kappa shape index (κ2) is 6.09. The summed E-state index contributed by atoms with van der Waals surface area (Å²) in [5.74, 6) is 0. The summed E-state index contributed by atoms with van der Waals surface area (Å²) in [6, 6.07) is 4.87. The van der Waals surface area contributed by atoms with E-state index in [9.17, 15) is 0 Å². The minimum Gasteiger partial charge on any atom is -0.340 e. The maximum atomic E-state index is 8.49. The van der Waals surface area contributed by atoms with Gasteiger partial charge in [-0.3, -0.25) is 4.98 Å². The van der Waals surface area contributed by atoms with Crippen LogP contribution < -0.4 is 24.0 Å². The second-order valence-electron chi connectivity index (χ2n) is 3.44. The molecule has 1 unspecified atom stereocenters. The van der Waals surface area contributed by atoms with Gasteiger partial charge in [0, 0.05) is 30.8 Å². The van der Waals surface area contributed by atoms with Crippen molar-refractivity contribution in [1.29, 1.82) is 0 Å². The molecule has 0 spiro atoms. The van der Waals surface area contributed by atoms with E-state index in [0.717, 1.165) is 0 Å². The molecule has 2 rings (SSSR count). The Morgan fingerprint density at radius 1 is 1.31 bits per heavy atom. The Morgan fingerprint density at radius 3 is 2.44 bits per heavy atom. The molecule has 0 aromatic carbocycles. The van der Waals surface area contributed by atoms with Crippen molar-refractivity contribution in [2.24, 2.45) is 0 Å². The molecule has 6 nitrogen and oxygen atoms in total. The van der Waals surface area contributed by atoms with E-state index in [1.165, 1.54) is 24.9 Å². The van der Waals surface area contributed by atoms with Gasteiger partial charge < -0.3 is 5.32 Å². The molecular formula is C9H13ClN2O4. The third kappa shape index (κ3) is 5.96. The number of rotatable bonds is 1. The van der Waals surface area contributed by atoms with Gasteiger partial charge in [0.05, 0.1) is 6.54 Å². The van der Waals surface area contributed by atoms with E-state index < -0.39 is 10.2 Å². The van der Waals surface area contributed by atoms with E-state index >= 15 is 0 Å². The van der Waals surface area contributed by atoms with Crippen molar-refractivity contribution in [2.45, 2.75) is 18.9 Å². The van der Waals surface area contributed by atoms with E-state index in [-0.39, 0.29) is 0 Å². The van der Waals surface area contributed by atoms with Crippen LogP contribution in [0.15, 0.2) is 24.5 Å². The Morgan fingerprint density at radius 2 is 2.00 bits per heavy atom. The zero-order valence-electron chi connectivity index (χ0n) is 8.54. The highest BCUT2D eigenvalue weighted by molar-refractivity contribution is 5.11. The number of quaternary nitrogens is 1. The number of halogens is 1. The van der Waals surface area contributed by atoms with Crippen molar-refractivity contribution in [3.8, 4) is 0 Å². The fraction of sp³-hybridized carbons (Fsp3) is 0.444. The molecule has 0 saturated carbocycles. The summed E-state index contributed by atoms with van der Waals surface area (Å²) in [5.41, 5.74) is 1.38. The smallest absolute Gasteiger partial charge is 0.113 e. The molecule has 1 aromatic rings. The predicted octanol–water partition coefficient (Wildman–Crippen LogP) is -4.28. The normalized spacial score (nSPS) is 20.1. The van der Waals surface area contributed by atoms with E-state index in [2.05, 4.69) is 16.4 Å². The molecule has 16 heavy (non-hydrogen) atoms. The van der Waals surface area contributed by atoms with Gasteiger partial charge in [-0.1, -0.05) is 6.07 Å². The monoisotopic (exact) mass is 248 g/mol. The average molecular weight is 249 g/mol. The molecule has 0 aliphatic carbocycles. The van der Waals surface area contributed by atoms with Crippen molar-refractivity contribution >= 4 is 0 Å². The molecule has 0 radical (unpaired) electrons. The highest BCUT2D eigenvalue weighted by Gasteiger charge is 2.19. The summed E-state index contributed by atoms with van der Waals surface area (Å²) in [4.78, 5) is 4.11. The summed E-state index contributed by atoms with van der Waals surface area (Å²) in [6.45, 7) is 1.28. The Kier molecular flexibility index (Phi) is 5.07. The Bertz CT molecular complexity index is 292. The first-order valence-electron chi connectivity index (χ1n) is 4.82. The van der Waals surface area contributed by atoms with Gasteiger partial charge in [0.1, 0.15) is 6.04 Å². The van der Waals surface area contributed by atoms with Crippen molar-refractivity contribution in [3.05, 3.63) is 30.1 Å². The third-order valence-corrected chi connectivity index (χ3v) is 2.28. The molecule has 0 bridgehead atoms. The van der Waals surface area contributed by atoms with Gasteiger partial charge in [0.15, 0.2) is 0 Å². The lowest BCUT2D eigenvalue weighted by molar-refractivity contribution is -2.00. The first kappa shape index (κ1) is 13.3. The summed E-state index contributed by atoms with van der Waals surface area (Å²) in [6.07, 6.45) is 6.47. The fourth-order valence-corrected chi connectivity index (χ4v) is 1.67. The maximum absolute atomic E-state index is 8.49. The van der Waals surface area contributed by atoms with Gasteiger partial charge in [0.25, 0.3) is 0 Å². The first-order valence-corrected chi connectivity index (χ1v) is 6.05. The second-order valence-corrected chi connectivity index (χ2v) is 4.19. The first-order chi connectivity index (χ1) is 7.47. The molecule has 1 atom stereocenters. The van der Waals surface area contributed by atoms with Crippen LogP contribution in [0.2, 0.25) is 0 Å². The molecule has 90 valence electrons. The van der Waals surface area contributed by atoms with Crippen LogP contribution in [0.4, 0.5) is 0 Å². The number of pyridine rings is 1. The molecule has 1 aromatic heterocycles. The molecule has 1 aliphatic heterocycles. The van der Waals surface area contributed by atoms with Gasteiger partial charge in [0.2, 0.25) is 0 Å². The quantitative estimate of drug-likeness (QED) is 0.539. The Hall–Kier alpha value is -0.760. The maximum Gasteiger partial charge on any atom is 0.113 e. The summed E-state index contributed by atoms with van der Waals surface area (Å²) < 4.78 is 34.0. The van der Waals surface area contributed by atoms with E-state index in [0.29, 0.717) is 6.04 Å². The Balaban J connectivity index is 0.000000221. The van der Waals surface area contributed by atoms with Crippen molar-refractivity contribution in [2.75, 3.05) is 6.54 Å². The van der Waals surface area contributed by atoms with E-state index in [4.69, 9.17) is 18.6 Å². The molecule has 1 saturated heterocycles. The largest absolute Gasteiger partial charge is 0.340 e. The van der Waals surface area contributed by atoms with Gasteiger partial charge in [-0.15, -0.1) is 10.2 Å². The SMILES string of the molecule is [O-][Cl+3]([O-])([O-])[O-].c1cncc(C2CCC[NH2+]2)c1. The standard InChI is InChI=1S/C9H12N2.ClHO4/c1-3-8(7-10-5-1)9-4-2-6-11-9;2-1(3,4)5/h1,3,5,7,9,11H,2,4,6H2;(H,2,3,4,5). The number of aromatic nitrogens is 1. The van der Waals surface area contributed by atoms with Crippen LogP contribution in [0.1, 0.15) is 24.4 Å². The molecule has 1 aliphatic rings. The van der Waals surface area contributed by atoms with Crippen LogP contribution in [0.5, 0.6) is 0 Å². The highest BCUT2D eigenvalue weighted by Crippen LogP contribution is 2.15. The minimum atomic E-state index is -4.94. The number of nitrogens with two attached hydrogens (primary N) is 1. The summed E-state index contributed by atoms with van der Waals surface area (Å²) in [7, 11) is -4.94. The summed E-state index contributed by atoms with van der Waals surface area (Å²) >= 11 is 0. The topological polar surface area (TPSA) is 122 Å². The Labute approximate surface area is 95.3 Å². The molecule has 1 fully saturated rings.